The highest BCUT2D eigenvalue weighted by atomic mass is 35.5. The topological polar surface area (TPSA) is 67.5 Å². The van der Waals surface area contributed by atoms with Gasteiger partial charge in [0.2, 0.25) is 5.91 Å². The summed E-state index contributed by atoms with van der Waals surface area (Å²) in [6.07, 6.45) is 7.94. The Bertz CT molecular complexity index is 1220. The third-order valence-corrected chi connectivity index (χ3v) is 7.63. The van der Waals surface area contributed by atoms with E-state index in [9.17, 15) is 9.59 Å². The predicted molar refractivity (Wildman–Crippen MR) is 133 cm³/mol. The van der Waals surface area contributed by atoms with Crippen LogP contribution in [0, 0.1) is 6.92 Å². The molecule has 0 bridgehead atoms. The first-order valence-corrected chi connectivity index (χ1v) is 12.7. The van der Waals surface area contributed by atoms with Gasteiger partial charge in [0.05, 0.1) is 12.1 Å². The van der Waals surface area contributed by atoms with Crippen molar-refractivity contribution in [3.63, 3.8) is 0 Å². The van der Waals surface area contributed by atoms with Gasteiger partial charge in [0.1, 0.15) is 17.0 Å². The molecule has 1 N–H and O–H groups in total. The summed E-state index contributed by atoms with van der Waals surface area (Å²) in [7, 11) is 0. The molecule has 0 unspecified atom stereocenters. The number of carbonyl (C=O) groups excluding carboxylic acids is 2. The molecule has 1 aromatic carbocycles. The second-order valence-electron chi connectivity index (χ2n) is 10.0. The maximum atomic E-state index is 13.9. The number of aromatic nitrogens is 1. The number of aryl methyl sites for hydroxylation is 1. The molecule has 7 heteroatoms. The molecule has 180 valence electrons. The number of fused-ring (bicyclic) bond motifs is 3. The molecule has 1 aliphatic carbocycles. The fraction of sp³-hybridized carbons (Fsp3) is 0.481. The fourth-order valence-electron chi connectivity index (χ4n) is 5.47. The van der Waals surface area contributed by atoms with Crippen molar-refractivity contribution < 1.29 is 14.0 Å². The summed E-state index contributed by atoms with van der Waals surface area (Å²) in [4.78, 5) is 29.4. The summed E-state index contributed by atoms with van der Waals surface area (Å²) in [6.45, 7) is 4.45. The second-order valence-corrected chi connectivity index (χ2v) is 10.5. The largest absolute Gasteiger partial charge is 0.460 e. The van der Waals surface area contributed by atoms with Crippen LogP contribution in [-0.4, -0.2) is 32.9 Å². The number of halogens is 1. The first kappa shape index (κ1) is 23.0. The Hall–Kier alpha value is -2.73. The number of nitrogens with zero attached hydrogens (tertiary/aromatic N) is 2. The monoisotopic (exact) mass is 481 g/mol. The molecular weight excluding hydrogens is 450 g/mol. The van der Waals surface area contributed by atoms with Gasteiger partial charge in [-0.1, -0.05) is 55.8 Å². The van der Waals surface area contributed by atoms with Crippen LogP contribution in [0.5, 0.6) is 0 Å². The first-order valence-electron chi connectivity index (χ1n) is 12.3. The van der Waals surface area contributed by atoms with Crippen molar-refractivity contribution in [2.45, 2.75) is 83.5 Å². The molecule has 1 atom stereocenters. The highest BCUT2D eigenvalue weighted by Gasteiger charge is 2.48. The summed E-state index contributed by atoms with van der Waals surface area (Å²) in [5.41, 5.74) is 1.92. The van der Waals surface area contributed by atoms with Crippen LogP contribution in [-0.2, 0) is 17.9 Å². The zero-order chi connectivity index (χ0) is 23.9. The van der Waals surface area contributed by atoms with E-state index in [4.69, 9.17) is 16.0 Å². The Kier molecular flexibility index (Phi) is 6.19. The van der Waals surface area contributed by atoms with Gasteiger partial charge in [0.25, 0.3) is 5.91 Å². The van der Waals surface area contributed by atoms with E-state index in [1.54, 1.807) is 11.0 Å². The van der Waals surface area contributed by atoms with E-state index in [0.29, 0.717) is 29.4 Å². The van der Waals surface area contributed by atoms with Gasteiger partial charge >= 0.3 is 0 Å². The molecule has 0 saturated heterocycles. The maximum absolute atomic E-state index is 13.9. The van der Waals surface area contributed by atoms with Crippen LogP contribution in [0.1, 0.15) is 73.7 Å². The van der Waals surface area contributed by atoms with Gasteiger partial charge in [0.15, 0.2) is 5.58 Å². The third-order valence-electron chi connectivity index (χ3n) is 7.40. The molecule has 2 amide bonds. The molecule has 5 rings (SSSR count). The lowest BCUT2D eigenvalue weighted by Crippen LogP contribution is -2.64. The highest BCUT2D eigenvalue weighted by molar-refractivity contribution is 6.30. The Balaban J connectivity index is 1.51. The number of furan rings is 1. The third kappa shape index (κ3) is 4.24. The number of rotatable bonds is 4. The summed E-state index contributed by atoms with van der Waals surface area (Å²) >= 11 is 6.23. The van der Waals surface area contributed by atoms with E-state index in [0.717, 1.165) is 42.5 Å². The highest BCUT2D eigenvalue weighted by Crippen LogP contribution is 2.35. The van der Waals surface area contributed by atoms with Gasteiger partial charge in [-0.3, -0.25) is 9.59 Å². The van der Waals surface area contributed by atoms with Crippen LogP contribution in [0.3, 0.4) is 0 Å². The minimum absolute atomic E-state index is 0.0961. The van der Waals surface area contributed by atoms with Gasteiger partial charge in [-0.2, -0.15) is 0 Å². The standard InChI is InChI=1S/C27H32ClN3O3/c1-18-13-22-24(34-18)15-23-25(32)31(16-19-9-8-10-20(28)14-19)27(2,17-30(22)23)26(33)29-21-11-6-4-3-5-7-12-21/h8-10,13-15,21H,3-7,11-12,16-17H2,1-2H3,(H,29,33)/t27-/m0/s1. The molecule has 6 nitrogen and oxygen atoms in total. The second kappa shape index (κ2) is 9.14. The molecule has 1 saturated carbocycles. The average Bonchev–Trinajstić information content (AvgIpc) is 3.29. The van der Waals surface area contributed by atoms with E-state index in [-0.39, 0.29) is 17.9 Å². The van der Waals surface area contributed by atoms with Crippen molar-refractivity contribution in [1.29, 1.82) is 0 Å². The number of carbonyl (C=O) groups is 2. The van der Waals surface area contributed by atoms with Gasteiger partial charge < -0.3 is 19.2 Å². The van der Waals surface area contributed by atoms with Crippen LogP contribution in [0.25, 0.3) is 11.1 Å². The van der Waals surface area contributed by atoms with Crippen molar-refractivity contribution >= 4 is 34.5 Å². The van der Waals surface area contributed by atoms with Crippen LogP contribution in [0.4, 0.5) is 0 Å². The van der Waals surface area contributed by atoms with E-state index in [1.807, 2.05) is 48.7 Å². The van der Waals surface area contributed by atoms with Gasteiger partial charge in [0, 0.05) is 29.7 Å². The van der Waals surface area contributed by atoms with Crippen molar-refractivity contribution in [1.82, 2.24) is 14.8 Å². The Labute approximate surface area is 205 Å². The Morgan fingerprint density at radius 3 is 2.62 bits per heavy atom. The van der Waals surface area contributed by atoms with E-state index in [2.05, 4.69) is 5.32 Å². The minimum Gasteiger partial charge on any atom is -0.460 e. The van der Waals surface area contributed by atoms with Crippen molar-refractivity contribution in [2.75, 3.05) is 0 Å². The molecule has 2 aliphatic rings. The molecule has 3 heterocycles. The van der Waals surface area contributed by atoms with Crippen molar-refractivity contribution in [3.05, 3.63) is 58.4 Å². The molecule has 0 radical (unpaired) electrons. The maximum Gasteiger partial charge on any atom is 0.271 e. The van der Waals surface area contributed by atoms with Gasteiger partial charge in [-0.15, -0.1) is 0 Å². The summed E-state index contributed by atoms with van der Waals surface area (Å²) in [5.74, 6) is 0.515. The SMILES string of the molecule is Cc1cc2c(cc3n2C[C@@](C)(C(=O)NC2CCCCCCC2)N(Cc2cccc(Cl)c2)C3=O)o1. The lowest BCUT2D eigenvalue weighted by molar-refractivity contribution is -0.134. The Morgan fingerprint density at radius 1 is 1.15 bits per heavy atom. The summed E-state index contributed by atoms with van der Waals surface area (Å²) < 4.78 is 7.75. The molecule has 1 fully saturated rings. The molecule has 3 aromatic rings. The smallest absolute Gasteiger partial charge is 0.271 e. The van der Waals surface area contributed by atoms with Crippen LogP contribution < -0.4 is 5.32 Å². The van der Waals surface area contributed by atoms with Crippen LogP contribution >= 0.6 is 11.6 Å². The zero-order valence-electron chi connectivity index (χ0n) is 19.9. The summed E-state index contributed by atoms with van der Waals surface area (Å²) in [6, 6.07) is 11.4. The number of nitrogens with one attached hydrogen (secondary N) is 1. The van der Waals surface area contributed by atoms with E-state index in [1.165, 1.54) is 19.3 Å². The van der Waals surface area contributed by atoms with Crippen molar-refractivity contribution in [2.24, 2.45) is 0 Å². The molecule has 0 spiro atoms. The fourth-order valence-corrected chi connectivity index (χ4v) is 5.68. The lowest BCUT2D eigenvalue weighted by Gasteiger charge is -2.44. The van der Waals surface area contributed by atoms with E-state index >= 15 is 0 Å². The molecule has 1 aliphatic heterocycles. The number of hydrogen-bond donors (Lipinski definition) is 1. The van der Waals surface area contributed by atoms with Crippen LogP contribution in [0.15, 0.2) is 40.8 Å². The normalized spacial score (nSPS) is 21.9. The number of amides is 2. The zero-order valence-corrected chi connectivity index (χ0v) is 20.7. The number of hydrogen-bond acceptors (Lipinski definition) is 3. The molecular formula is C27H32ClN3O3. The quantitative estimate of drug-likeness (QED) is 0.509. The van der Waals surface area contributed by atoms with Gasteiger partial charge in [-0.25, -0.2) is 0 Å². The van der Waals surface area contributed by atoms with Crippen LogP contribution in [0.2, 0.25) is 5.02 Å². The molecule has 34 heavy (non-hydrogen) atoms. The Morgan fingerprint density at radius 2 is 1.88 bits per heavy atom. The minimum atomic E-state index is -1.05. The lowest BCUT2D eigenvalue weighted by atomic mass is 9.91. The predicted octanol–water partition coefficient (Wildman–Crippen LogP) is 5.84. The average molecular weight is 482 g/mol. The van der Waals surface area contributed by atoms with E-state index < -0.39 is 5.54 Å². The summed E-state index contributed by atoms with van der Waals surface area (Å²) in [5, 5.41) is 3.94. The van der Waals surface area contributed by atoms with Gasteiger partial charge in [-0.05, 0) is 44.4 Å². The number of benzene rings is 1. The van der Waals surface area contributed by atoms with Crippen molar-refractivity contribution in [3.8, 4) is 0 Å². The molecule has 2 aromatic heterocycles. The first-order chi connectivity index (χ1) is 16.3.